The van der Waals surface area contributed by atoms with Gasteiger partial charge < -0.3 is 20.5 Å². The van der Waals surface area contributed by atoms with Crippen LogP contribution < -0.4 is 5.73 Å². The molecular weight excluding hydrogens is 200 g/mol. The van der Waals surface area contributed by atoms with Crippen LogP contribution in [0.25, 0.3) is 0 Å². The number of hydrogen-bond donors (Lipinski definition) is 2. The number of rotatable bonds is 3. The number of ether oxygens (including phenoxy) is 1. The number of carbonyl (C=O) groups is 2. The normalized spacial score (nSPS) is 23.6. The first-order chi connectivity index (χ1) is 7.02. The van der Waals surface area contributed by atoms with Gasteiger partial charge in [-0.15, -0.1) is 0 Å². The van der Waals surface area contributed by atoms with Gasteiger partial charge in [-0.2, -0.15) is 0 Å². The fraction of sp³-hybridized carbons (Fsp3) is 0.778. The average molecular weight is 216 g/mol. The Hall–Kier alpha value is -1.14. The van der Waals surface area contributed by atoms with E-state index < -0.39 is 18.1 Å². The lowest BCUT2D eigenvalue weighted by molar-refractivity contribution is -0.146. The summed E-state index contributed by atoms with van der Waals surface area (Å²) in [4.78, 5) is 23.7. The summed E-state index contributed by atoms with van der Waals surface area (Å²) >= 11 is 0. The van der Waals surface area contributed by atoms with E-state index in [1.54, 1.807) is 6.92 Å². The van der Waals surface area contributed by atoms with E-state index in [0.29, 0.717) is 13.2 Å². The van der Waals surface area contributed by atoms with Crippen LogP contribution in [0.2, 0.25) is 0 Å². The average Bonchev–Trinajstić information content (AvgIpc) is 2.16. The number of carboxylic acids is 1. The molecule has 0 spiro atoms. The Morgan fingerprint density at radius 1 is 1.67 bits per heavy atom. The fourth-order valence-corrected chi connectivity index (χ4v) is 1.58. The predicted octanol–water partition coefficient (Wildman–Crippen LogP) is -0.964. The molecule has 1 heterocycles. The quantitative estimate of drug-likeness (QED) is 0.633. The zero-order chi connectivity index (χ0) is 11.4. The van der Waals surface area contributed by atoms with E-state index in [0.717, 1.165) is 0 Å². The second-order valence-electron chi connectivity index (χ2n) is 3.65. The molecule has 3 N–H and O–H groups in total. The first-order valence-electron chi connectivity index (χ1n) is 4.88. The summed E-state index contributed by atoms with van der Waals surface area (Å²) in [6, 6.07) is -0.992. The van der Waals surface area contributed by atoms with Gasteiger partial charge in [0.05, 0.1) is 31.7 Å². The van der Waals surface area contributed by atoms with Gasteiger partial charge in [-0.05, 0) is 6.92 Å². The molecule has 0 aromatic rings. The molecule has 1 rings (SSSR count). The van der Waals surface area contributed by atoms with Crippen LogP contribution in [0.5, 0.6) is 0 Å². The minimum absolute atomic E-state index is 0.0987. The molecule has 0 aliphatic carbocycles. The molecule has 1 amide bonds. The predicted molar refractivity (Wildman–Crippen MR) is 52.2 cm³/mol. The summed E-state index contributed by atoms with van der Waals surface area (Å²) in [5.41, 5.74) is 5.48. The van der Waals surface area contributed by atoms with Crippen molar-refractivity contribution in [2.75, 3.05) is 19.8 Å². The molecular formula is C9H16N2O4. The van der Waals surface area contributed by atoms with Crippen LogP contribution in [0.15, 0.2) is 0 Å². The van der Waals surface area contributed by atoms with E-state index in [4.69, 9.17) is 15.6 Å². The van der Waals surface area contributed by atoms with Crippen molar-refractivity contribution >= 4 is 11.9 Å². The number of carbonyl (C=O) groups excluding carboxylic acids is 1. The standard InChI is InChI=1S/C9H16N2O4/c1-6(10)9(14)11-2-3-15-5-7(11)4-8(12)13/h6-7H,2-5,10H2,1H3,(H,12,13). The fourth-order valence-electron chi connectivity index (χ4n) is 1.58. The molecule has 1 aliphatic rings. The molecule has 0 aromatic carbocycles. The van der Waals surface area contributed by atoms with Gasteiger partial charge >= 0.3 is 5.97 Å². The summed E-state index contributed by atoms with van der Waals surface area (Å²) in [5.74, 6) is -1.16. The Labute approximate surface area is 88.0 Å². The minimum atomic E-state index is -0.937. The highest BCUT2D eigenvalue weighted by Gasteiger charge is 2.30. The topological polar surface area (TPSA) is 92.9 Å². The van der Waals surface area contributed by atoms with Gasteiger partial charge in [0.2, 0.25) is 5.91 Å². The van der Waals surface area contributed by atoms with Gasteiger partial charge in [0.15, 0.2) is 0 Å². The van der Waals surface area contributed by atoms with E-state index in [-0.39, 0.29) is 18.9 Å². The number of aliphatic carboxylic acids is 1. The van der Waals surface area contributed by atoms with Crippen LogP contribution >= 0.6 is 0 Å². The van der Waals surface area contributed by atoms with Crippen LogP contribution in [0.4, 0.5) is 0 Å². The van der Waals surface area contributed by atoms with E-state index in [9.17, 15) is 9.59 Å². The van der Waals surface area contributed by atoms with Crippen LogP contribution in [-0.4, -0.2) is 53.7 Å². The van der Waals surface area contributed by atoms with Crippen molar-refractivity contribution in [3.63, 3.8) is 0 Å². The van der Waals surface area contributed by atoms with Crippen molar-refractivity contribution in [2.45, 2.75) is 25.4 Å². The van der Waals surface area contributed by atoms with Gasteiger partial charge in [0.25, 0.3) is 0 Å². The van der Waals surface area contributed by atoms with Gasteiger partial charge in [-0.25, -0.2) is 0 Å². The molecule has 6 heteroatoms. The maximum absolute atomic E-state index is 11.6. The SMILES string of the molecule is CC(N)C(=O)N1CCOCC1CC(=O)O. The van der Waals surface area contributed by atoms with Crippen LogP contribution in [0, 0.1) is 0 Å². The molecule has 0 aromatic heterocycles. The Morgan fingerprint density at radius 3 is 2.87 bits per heavy atom. The third-order valence-electron chi connectivity index (χ3n) is 2.31. The Bertz CT molecular complexity index is 254. The number of amides is 1. The number of nitrogens with two attached hydrogens (primary N) is 1. The van der Waals surface area contributed by atoms with Gasteiger partial charge in [0.1, 0.15) is 0 Å². The van der Waals surface area contributed by atoms with E-state index in [2.05, 4.69) is 0 Å². The lowest BCUT2D eigenvalue weighted by atomic mass is 10.1. The number of hydrogen-bond acceptors (Lipinski definition) is 4. The third-order valence-corrected chi connectivity index (χ3v) is 2.31. The van der Waals surface area contributed by atoms with Gasteiger partial charge in [-0.1, -0.05) is 0 Å². The zero-order valence-electron chi connectivity index (χ0n) is 8.68. The van der Waals surface area contributed by atoms with Crippen LogP contribution in [0.3, 0.4) is 0 Å². The molecule has 0 bridgehead atoms. The second-order valence-corrected chi connectivity index (χ2v) is 3.65. The first-order valence-corrected chi connectivity index (χ1v) is 4.88. The van der Waals surface area contributed by atoms with Crippen molar-refractivity contribution in [3.8, 4) is 0 Å². The summed E-state index contributed by atoms with van der Waals surface area (Å²) in [6.45, 7) is 2.72. The molecule has 2 unspecified atom stereocenters. The number of morpholine rings is 1. The third kappa shape index (κ3) is 3.17. The van der Waals surface area contributed by atoms with E-state index in [1.165, 1.54) is 4.90 Å². The summed E-state index contributed by atoms with van der Waals surface area (Å²) in [7, 11) is 0. The smallest absolute Gasteiger partial charge is 0.305 e. The van der Waals surface area contributed by atoms with E-state index >= 15 is 0 Å². The molecule has 2 atom stereocenters. The van der Waals surface area contributed by atoms with Crippen molar-refractivity contribution in [3.05, 3.63) is 0 Å². The minimum Gasteiger partial charge on any atom is -0.481 e. The Balaban J connectivity index is 2.65. The highest BCUT2D eigenvalue weighted by atomic mass is 16.5. The maximum atomic E-state index is 11.6. The summed E-state index contributed by atoms with van der Waals surface area (Å²) in [5, 5.41) is 8.68. The molecule has 1 aliphatic heterocycles. The van der Waals surface area contributed by atoms with Gasteiger partial charge in [-0.3, -0.25) is 9.59 Å². The van der Waals surface area contributed by atoms with Crippen molar-refractivity contribution in [1.29, 1.82) is 0 Å². The second kappa shape index (κ2) is 5.09. The lowest BCUT2D eigenvalue weighted by Crippen LogP contribution is -2.53. The molecule has 0 saturated carbocycles. The lowest BCUT2D eigenvalue weighted by Gasteiger charge is -2.35. The molecule has 6 nitrogen and oxygen atoms in total. The van der Waals surface area contributed by atoms with Crippen molar-refractivity contribution < 1.29 is 19.4 Å². The highest BCUT2D eigenvalue weighted by Crippen LogP contribution is 2.11. The summed E-state index contributed by atoms with van der Waals surface area (Å²) < 4.78 is 5.15. The van der Waals surface area contributed by atoms with Crippen molar-refractivity contribution in [1.82, 2.24) is 4.90 Å². The largest absolute Gasteiger partial charge is 0.481 e. The molecule has 1 saturated heterocycles. The van der Waals surface area contributed by atoms with Crippen molar-refractivity contribution in [2.24, 2.45) is 5.73 Å². The zero-order valence-corrected chi connectivity index (χ0v) is 8.68. The summed E-state index contributed by atoms with van der Waals surface area (Å²) in [6.07, 6.45) is -0.0987. The molecule has 86 valence electrons. The van der Waals surface area contributed by atoms with Gasteiger partial charge in [0, 0.05) is 6.54 Å². The molecule has 1 fully saturated rings. The molecule has 0 radical (unpaired) electrons. The maximum Gasteiger partial charge on any atom is 0.305 e. The number of carboxylic acid groups (broad SMARTS) is 1. The number of nitrogens with zero attached hydrogens (tertiary/aromatic N) is 1. The van der Waals surface area contributed by atoms with Crippen LogP contribution in [-0.2, 0) is 14.3 Å². The highest BCUT2D eigenvalue weighted by molar-refractivity contribution is 5.82. The Kier molecular flexibility index (Phi) is 4.05. The van der Waals surface area contributed by atoms with Crippen LogP contribution in [0.1, 0.15) is 13.3 Å². The monoisotopic (exact) mass is 216 g/mol. The molecule has 15 heavy (non-hydrogen) atoms. The first kappa shape index (κ1) is 11.9. The van der Waals surface area contributed by atoms with E-state index in [1.807, 2.05) is 0 Å². The Morgan fingerprint density at radius 2 is 2.33 bits per heavy atom.